The van der Waals surface area contributed by atoms with Gasteiger partial charge < -0.3 is 20.3 Å². The third kappa shape index (κ3) is 3.78. The molecule has 2 heterocycles. The Morgan fingerprint density at radius 3 is 2.41 bits per heavy atom. The number of carbonyl (C=O) groups excluding carboxylic acids is 5. The lowest BCUT2D eigenvalue weighted by molar-refractivity contribution is -0.157. The zero-order valence-corrected chi connectivity index (χ0v) is 27.4. The molecule has 2 saturated heterocycles. The molecule has 0 radical (unpaired) electrons. The first kappa shape index (κ1) is 33.0. The predicted octanol–water partition coefficient (Wildman–Crippen LogP) is 3.83. The molecule has 0 aromatic carbocycles. The van der Waals surface area contributed by atoms with Crippen LogP contribution in [0.2, 0.25) is 0 Å². The number of piperidine rings is 1. The lowest BCUT2D eigenvalue weighted by atomic mass is 9.63. The molecule has 3 saturated carbocycles. The van der Waals surface area contributed by atoms with Gasteiger partial charge in [-0.2, -0.15) is 0 Å². The maximum atomic E-state index is 15.6. The molecule has 6 aliphatic rings. The summed E-state index contributed by atoms with van der Waals surface area (Å²) in [6.45, 7) is 7.10. The Kier molecular flexibility index (Phi) is 7.93. The Labute approximate surface area is 273 Å². The van der Waals surface area contributed by atoms with E-state index in [9.17, 15) is 34.2 Å². The first-order chi connectivity index (χ1) is 21.8. The summed E-state index contributed by atoms with van der Waals surface area (Å²) in [5.41, 5.74) is -8.36. The number of aliphatic carboxylic acids is 1. The summed E-state index contributed by atoms with van der Waals surface area (Å²) in [7, 11) is 0. The molecule has 2 aliphatic heterocycles. The first-order valence-corrected chi connectivity index (χ1v) is 16.9. The second-order valence-corrected chi connectivity index (χ2v) is 14.7. The molecule has 10 nitrogen and oxygen atoms in total. The number of amides is 1. The molecule has 1 amide bonds. The fourth-order valence-corrected chi connectivity index (χ4v) is 10.9. The quantitative estimate of drug-likeness (QED) is 0.130. The maximum Gasteiger partial charge on any atom is 0.306 e. The van der Waals surface area contributed by atoms with E-state index >= 15 is 4.79 Å². The van der Waals surface area contributed by atoms with Crippen LogP contribution in [-0.2, 0) is 33.5 Å². The summed E-state index contributed by atoms with van der Waals surface area (Å²) in [5, 5.41) is 24.6. The van der Waals surface area contributed by atoms with Crippen LogP contribution in [0.15, 0.2) is 34.9 Å². The van der Waals surface area contributed by atoms with Crippen molar-refractivity contribution in [3.63, 3.8) is 0 Å². The number of nitrogens with one attached hydrogen (secondary N) is 1. The fraction of sp³-hybridized carbons (Fsp3) is 0.657. The van der Waals surface area contributed by atoms with Crippen molar-refractivity contribution in [2.24, 2.45) is 45.8 Å². The van der Waals surface area contributed by atoms with Crippen LogP contribution in [-0.4, -0.2) is 63.2 Å². The van der Waals surface area contributed by atoms with Crippen molar-refractivity contribution in [2.45, 2.75) is 97.0 Å². The molecule has 4 aliphatic carbocycles. The summed E-state index contributed by atoms with van der Waals surface area (Å²) in [5.74, 6) is -8.67. The predicted molar refractivity (Wildman–Crippen MR) is 165 cm³/mol. The van der Waals surface area contributed by atoms with Gasteiger partial charge in [0.25, 0.3) is 0 Å². The normalized spacial score (nSPS) is 44.0. The van der Waals surface area contributed by atoms with Crippen LogP contribution in [0.4, 0.5) is 0 Å². The van der Waals surface area contributed by atoms with Crippen LogP contribution in [0.1, 0.15) is 79.1 Å². The zero-order chi connectivity index (χ0) is 33.6. The monoisotopic (exact) mass is 655 g/mol. The Balaban J connectivity index is 1.57. The van der Waals surface area contributed by atoms with Gasteiger partial charge in [-0.05, 0) is 63.4 Å². The SMILES string of the molecule is C/C=C/C(=O)C1(O)CC2CC(C(=O)O)CC(C)C2C1C(=O)C12C(=O)NC3OC3C1(CCCCCC)C21C(=O)C(Cl)=C(/C=C/C)C1=O. The number of hydrogen-bond donors (Lipinski definition) is 3. The van der Waals surface area contributed by atoms with Crippen molar-refractivity contribution in [1.82, 2.24) is 5.32 Å². The van der Waals surface area contributed by atoms with Crippen molar-refractivity contribution in [3.8, 4) is 0 Å². The molecule has 3 N–H and O–H groups in total. The number of aliphatic hydroxyl groups is 1. The average Bonchev–Trinajstić information content (AvgIpc) is 3.85. The topological polar surface area (TPSA) is 167 Å². The standard InChI is InChI=1S/C35H42ClNO9/c1-5-8-9-10-13-33-28-29(46-28)37-31(44)35(33,34(33)25(39)20(11-6-2)24(36)27(34)41)26(40)23-22-17(4)14-18(30(42)43)15-19(22)16-32(23,45)21(38)12-7-3/h6-7,11-12,17-19,22-23,28-29,45H,5,8-10,13-16H2,1-4H3,(H,37,44)(H,42,43)/b11-6+,12-7+. The number of allylic oxidation sites excluding steroid dienone is 5. The van der Waals surface area contributed by atoms with Gasteiger partial charge in [0.05, 0.1) is 16.9 Å². The molecular formula is C35H42ClNO9. The van der Waals surface area contributed by atoms with Crippen LogP contribution >= 0.6 is 11.6 Å². The summed E-state index contributed by atoms with van der Waals surface area (Å²) < 4.78 is 5.95. The molecular weight excluding hydrogens is 614 g/mol. The molecule has 6 rings (SSSR count). The molecule has 11 unspecified atom stereocenters. The minimum atomic E-state index is -2.28. The van der Waals surface area contributed by atoms with Gasteiger partial charge in [-0.25, -0.2) is 0 Å². The molecule has 5 fully saturated rings. The number of ketones is 4. The molecule has 11 heteroatoms. The van der Waals surface area contributed by atoms with Crippen molar-refractivity contribution in [1.29, 1.82) is 0 Å². The van der Waals surface area contributed by atoms with E-state index in [4.69, 9.17) is 16.3 Å². The molecule has 248 valence electrons. The minimum absolute atomic E-state index is 0.0754. The van der Waals surface area contributed by atoms with Gasteiger partial charge in [0, 0.05) is 11.0 Å². The largest absolute Gasteiger partial charge is 0.481 e. The van der Waals surface area contributed by atoms with E-state index < -0.39 is 98.8 Å². The smallest absolute Gasteiger partial charge is 0.306 e. The summed E-state index contributed by atoms with van der Waals surface area (Å²) >= 11 is 6.61. The number of unbranched alkanes of at least 4 members (excludes halogenated alkanes) is 3. The van der Waals surface area contributed by atoms with E-state index in [1.165, 1.54) is 18.2 Å². The van der Waals surface area contributed by atoms with Crippen molar-refractivity contribution < 1.29 is 43.7 Å². The highest BCUT2D eigenvalue weighted by Gasteiger charge is 3.05. The molecule has 46 heavy (non-hydrogen) atoms. The minimum Gasteiger partial charge on any atom is -0.481 e. The van der Waals surface area contributed by atoms with E-state index in [1.54, 1.807) is 26.8 Å². The Morgan fingerprint density at radius 1 is 1.07 bits per heavy atom. The molecule has 11 atom stereocenters. The van der Waals surface area contributed by atoms with Gasteiger partial charge >= 0.3 is 5.97 Å². The van der Waals surface area contributed by atoms with Crippen molar-refractivity contribution in [3.05, 3.63) is 34.9 Å². The van der Waals surface area contributed by atoms with Crippen LogP contribution in [0.3, 0.4) is 0 Å². The molecule has 0 bridgehead atoms. The zero-order valence-electron chi connectivity index (χ0n) is 26.6. The van der Waals surface area contributed by atoms with Crippen LogP contribution < -0.4 is 5.32 Å². The van der Waals surface area contributed by atoms with E-state index in [-0.39, 0.29) is 36.3 Å². The third-order valence-electron chi connectivity index (χ3n) is 12.2. The van der Waals surface area contributed by atoms with E-state index in [2.05, 4.69) is 5.32 Å². The van der Waals surface area contributed by atoms with Crippen molar-refractivity contribution >= 4 is 46.6 Å². The Morgan fingerprint density at radius 2 is 1.78 bits per heavy atom. The summed E-state index contributed by atoms with van der Waals surface area (Å²) in [4.78, 5) is 85.2. The average molecular weight is 656 g/mol. The second-order valence-electron chi connectivity index (χ2n) is 14.3. The number of Topliss-reactive ketones (excluding diaryl/α,β-unsaturated/α-hetero) is 3. The van der Waals surface area contributed by atoms with Crippen LogP contribution in [0.25, 0.3) is 0 Å². The van der Waals surface area contributed by atoms with Gasteiger partial charge in [-0.3, -0.25) is 28.8 Å². The second kappa shape index (κ2) is 11.1. The van der Waals surface area contributed by atoms with Gasteiger partial charge in [0.2, 0.25) is 5.91 Å². The van der Waals surface area contributed by atoms with E-state index in [0.717, 1.165) is 19.3 Å². The highest BCUT2D eigenvalue weighted by atomic mass is 35.5. The van der Waals surface area contributed by atoms with E-state index in [0.29, 0.717) is 6.42 Å². The van der Waals surface area contributed by atoms with E-state index in [1.807, 2.05) is 6.92 Å². The Bertz CT molecular complexity index is 1530. The summed E-state index contributed by atoms with van der Waals surface area (Å²) in [6, 6.07) is 0. The molecule has 0 aromatic rings. The molecule has 1 spiro atoms. The van der Waals surface area contributed by atoms with Gasteiger partial charge in [-0.1, -0.05) is 69.4 Å². The number of rotatable bonds is 11. The number of fused-ring (bicyclic) bond motifs is 6. The number of carboxylic acid groups (broad SMARTS) is 1. The van der Waals surface area contributed by atoms with Gasteiger partial charge in [-0.15, -0.1) is 0 Å². The van der Waals surface area contributed by atoms with Crippen molar-refractivity contribution in [2.75, 3.05) is 0 Å². The number of carbonyl (C=O) groups is 6. The number of ether oxygens (including phenoxy) is 1. The number of halogens is 1. The van der Waals surface area contributed by atoms with Crippen LogP contribution in [0, 0.1) is 45.8 Å². The highest BCUT2D eigenvalue weighted by molar-refractivity contribution is 6.54. The van der Waals surface area contributed by atoms with Crippen LogP contribution in [0.5, 0.6) is 0 Å². The third-order valence-corrected chi connectivity index (χ3v) is 12.6. The fourth-order valence-electron chi connectivity index (χ4n) is 10.6. The lowest BCUT2D eigenvalue weighted by Crippen LogP contribution is -2.57. The number of carboxylic acids is 1. The first-order valence-electron chi connectivity index (χ1n) is 16.5. The van der Waals surface area contributed by atoms with Gasteiger partial charge in [0.15, 0.2) is 29.4 Å². The highest BCUT2D eigenvalue weighted by Crippen LogP contribution is 2.89. The lowest BCUT2D eigenvalue weighted by Gasteiger charge is -2.40. The number of hydrogen-bond acceptors (Lipinski definition) is 8. The Hall–Kier alpha value is -2.95. The maximum absolute atomic E-state index is 15.6. The molecule has 0 aromatic heterocycles. The van der Waals surface area contributed by atoms with Gasteiger partial charge in [0.1, 0.15) is 22.5 Å². The summed E-state index contributed by atoms with van der Waals surface area (Å²) in [6.07, 6.45) is 7.39. The number of epoxide rings is 1.